The Morgan fingerprint density at radius 1 is 1.33 bits per heavy atom. The van der Waals surface area contributed by atoms with Crippen molar-refractivity contribution in [3.05, 3.63) is 29.8 Å². The molecule has 0 saturated carbocycles. The lowest BCUT2D eigenvalue weighted by Crippen LogP contribution is -2.34. The summed E-state index contributed by atoms with van der Waals surface area (Å²) in [6, 6.07) is 8.29. The summed E-state index contributed by atoms with van der Waals surface area (Å²) in [5, 5.41) is 2.65. The topological polar surface area (TPSA) is 58.4 Å². The zero-order valence-electron chi connectivity index (χ0n) is 11.4. The predicted molar refractivity (Wildman–Crippen MR) is 75.1 cm³/mol. The normalized spacial score (nSPS) is 10.9. The minimum absolute atomic E-state index is 0.0814. The first-order chi connectivity index (χ1) is 8.52. The summed E-state index contributed by atoms with van der Waals surface area (Å²) in [6.07, 6.45) is 0.531. The van der Waals surface area contributed by atoms with Gasteiger partial charge in [0.2, 0.25) is 5.91 Å². The molecular formula is C14H23N3O. The number of rotatable bonds is 6. The maximum absolute atomic E-state index is 11.3. The van der Waals surface area contributed by atoms with Crippen molar-refractivity contribution in [2.24, 2.45) is 0 Å². The number of nitrogens with one attached hydrogen (secondary N) is 1. The molecule has 18 heavy (non-hydrogen) atoms. The van der Waals surface area contributed by atoms with Crippen LogP contribution in [-0.4, -0.2) is 30.4 Å². The molecule has 4 nitrogen and oxygen atoms in total. The van der Waals surface area contributed by atoms with Gasteiger partial charge in [-0.2, -0.15) is 0 Å². The number of carbonyl (C=O) groups excluding carboxylic acids is 1. The molecular weight excluding hydrogens is 226 g/mol. The molecule has 1 rings (SSSR count). The van der Waals surface area contributed by atoms with E-state index in [1.54, 1.807) is 7.05 Å². The van der Waals surface area contributed by atoms with Crippen LogP contribution in [0, 0.1) is 0 Å². The van der Waals surface area contributed by atoms with Crippen LogP contribution < -0.4 is 11.1 Å². The molecule has 0 aliphatic carbocycles. The van der Waals surface area contributed by atoms with Crippen LogP contribution in [0.25, 0.3) is 0 Å². The van der Waals surface area contributed by atoms with Crippen LogP contribution in [-0.2, 0) is 11.3 Å². The van der Waals surface area contributed by atoms with E-state index in [4.69, 9.17) is 5.73 Å². The Bertz CT molecular complexity index is 373. The zero-order valence-corrected chi connectivity index (χ0v) is 11.4. The molecule has 0 atom stereocenters. The smallest absolute Gasteiger partial charge is 0.221 e. The van der Waals surface area contributed by atoms with Gasteiger partial charge in [0.25, 0.3) is 0 Å². The Balaban J connectivity index is 2.57. The first-order valence-electron chi connectivity index (χ1n) is 6.32. The summed E-state index contributed by atoms with van der Waals surface area (Å²) in [6.45, 7) is 5.89. The number of benzene rings is 1. The van der Waals surface area contributed by atoms with E-state index >= 15 is 0 Å². The number of hydrogen-bond donors (Lipinski definition) is 2. The van der Waals surface area contributed by atoms with Crippen molar-refractivity contribution >= 4 is 11.6 Å². The molecule has 4 heteroatoms. The number of nitrogen functional groups attached to an aromatic ring is 1. The molecule has 0 saturated heterocycles. The van der Waals surface area contributed by atoms with E-state index in [1.807, 2.05) is 24.3 Å². The summed E-state index contributed by atoms with van der Waals surface area (Å²) in [5.41, 5.74) is 7.66. The van der Waals surface area contributed by atoms with Gasteiger partial charge in [-0.25, -0.2) is 0 Å². The summed E-state index contributed by atoms with van der Waals surface area (Å²) < 4.78 is 0. The van der Waals surface area contributed by atoms with Crippen molar-refractivity contribution in [2.75, 3.05) is 19.3 Å². The van der Waals surface area contributed by atoms with Crippen molar-refractivity contribution in [1.82, 2.24) is 10.2 Å². The molecule has 0 bridgehead atoms. The molecule has 1 aromatic carbocycles. The molecule has 0 radical (unpaired) electrons. The lowest BCUT2D eigenvalue weighted by atomic mass is 10.1. The van der Waals surface area contributed by atoms with Crippen LogP contribution >= 0.6 is 0 Å². The summed E-state index contributed by atoms with van der Waals surface area (Å²) in [4.78, 5) is 13.6. The van der Waals surface area contributed by atoms with Crippen LogP contribution in [0.2, 0.25) is 0 Å². The first kappa shape index (κ1) is 14.5. The summed E-state index contributed by atoms with van der Waals surface area (Å²) in [7, 11) is 1.67. The van der Waals surface area contributed by atoms with Gasteiger partial charge in [-0.15, -0.1) is 0 Å². The van der Waals surface area contributed by atoms with E-state index in [9.17, 15) is 4.79 Å². The fourth-order valence-corrected chi connectivity index (χ4v) is 1.75. The molecule has 1 amide bonds. The van der Waals surface area contributed by atoms with Crippen molar-refractivity contribution in [2.45, 2.75) is 32.9 Å². The Morgan fingerprint density at radius 3 is 2.44 bits per heavy atom. The molecule has 0 unspecified atom stereocenters. The molecule has 0 heterocycles. The molecule has 100 valence electrons. The average molecular weight is 249 g/mol. The SMILES string of the molecule is CNC(=O)CCN(Cc1ccc(N)cc1)C(C)C. The van der Waals surface area contributed by atoms with Gasteiger partial charge >= 0.3 is 0 Å². The monoisotopic (exact) mass is 249 g/mol. The third-order valence-corrected chi connectivity index (χ3v) is 3.00. The fourth-order valence-electron chi connectivity index (χ4n) is 1.75. The standard InChI is InChI=1S/C14H23N3O/c1-11(2)17(9-8-14(18)16-3)10-12-4-6-13(15)7-5-12/h4-7,11H,8-10,15H2,1-3H3,(H,16,18). The Kier molecular flexibility index (Phi) is 5.65. The zero-order chi connectivity index (χ0) is 13.5. The highest BCUT2D eigenvalue weighted by Gasteiger charge is 2.11. The molecule has 0 aliphatic heterocycles. The molecule has 0 aliphatic rings. The fraction of sp³-hybridized carbons (Fsp3) is 0.500. The van der Waals surface area contributed by atoms with Gasteiger partial charge in [-0.1, -0.05) is 12.1 Å². The Labute approximate surface area is 109 Å². The highest BCUT2D eigenvalue weighted by molar-refractivity contribution is 5.75. The van der Waals surface area contributed by atoms with Gasteiger partial charge in [0.1, 0.15) is 0 Å². The summed E-state index contributed by atoms with van der Waals surface area (Å²) in [5.74, 6) is 0.0814. The number of amides is 1. The van der Waals surface area contributed by atoms with Crippen LogP contribution in [0.1, 0.15) is 25.8 Å². The van der Waals surface area contributed by atoms with E-state index in [2.05, 4.69) is 24.1 Å². The molecule has 0 fully saturated rings. The molecule has 0 spiro atoms. The number of carbonyl (C=O) groups is 1. The van der Waals surface area contributed by atoms with Gasteiger partial charge < -0.3 is 11.1 Å². The van der Waals surface area contributed by atoms with Gasteiger partial charge in [-0.3, -0.25) is 9.69 Å². The minimum Gasteiger partial charge on any atom is -0.399 e. The lowest BCUT2D eigenvalue weighted by molar-refractivity contribution is -0.121. The maximum atomic E-state index is 11.3. The van der Waals surface area contributed by atoms with Gasteiger partial charge in [0, 0.05) is 38.3 Å². The number of nitrogens with two attached hydrogens (primary N) is 1. The highest BCUT2D eigenvalue weighted by atomic mass is 16.1. The van der Waals surface area contributed by atoms with Crippen LogP contribution in [0.4, 0.5) is 5.69 Å². The van der Waals surface area contributed by atoms with E-state index in [0.717, 1.165) is 18.8 Å². The predicted octanol–water partition coefficient (Wildman–Crippen LogP) is 1.62. The van der Waals surface area contributed by atoms with Crippen molar-refractivity contribution in [3.8, 4) is 0 Å². The molecule has 0 aromatic heterocycles. The van der Waals surface area contributed by atoms with E-state index < -0.39 is 0 Å². The van der Waals surface area contributed by atoms with Gasteiger partial charge in [-0.05, 0) is 31.5 Å². The number of nitrogens with zero attached hydrogens (tertiary/aromatic N) is 1. The largest absolute Gasteiger partial charge is 0.399 e. The van der Waals surface area contributed by atoms with Gasteiger partial charge in [0.15, 0.2) is 0 Å². The number of anilines is 1. The van der Waals surface area contributed by atoms with E-state index in [1.165, 1.54) is 5.56 Å². The third kappa shape index (κ3) is 4.75. The van der Waals surface area contributed by atoms with Crippen LogP contribution in [0.3, 0.4) is 0 Å². The summed E-state index contributed by atoms with van der Waals surface area (Å²) >= 11 is 0. The maximum Gasteiger partial charge on any atom is 0.221 e. The van der Waals surface area contributed by atoms with Crippen LogP contribution in [0.5, 0.6) is 0 Å². The second kappa shape index (κ2) is 7.01. The lowest BCUT2D eigenvalue weighted by Gasteiger charge is -2.26. The minimum atomic E-state index is 0.0814. The Hall–Kier alpha value is -1.55. The third-order valence-electron chi connectivity index (χ3n) is 3.00. The molecule has 3 N–H and O–H groups in total. The van der Waals surface area contributed by atoms with E-state index in [0.29, 0.717) is 12.5 Å². The second-order valence-corrected chi connectivity index (χ2v) is 4.73. The van der Waals surface area contributed by atoms with Crippen molar-refractivity contribution in [3.63, 3.8) is 0 Å². The quantitative estimate of drug-likeness (QED) is 0.753. The molecule has 1 aromatic rings. The van der Waals surface area contributed by atoms with Gasteiger partial charge in [0.05, 0.1) is 0 Å². The average Bonchev–Trinajstić information content (AvgIpc) is 2.35. The van der Waals surface area contributed by atoms with Crippen LogP contribution in [0.15, 0.2) is 24.3 Å². The number of hydrogen-bond acceptors (Lipinski definition) is 3. The highest BCUT2D eigenvalue weighted by Crippen LogP contribution is 2.11. The first-order valence-corrected chi connectivity index (χ1v) is 6.32. The van der Waals surface area contributed by atoms with Crippen molar-refractivity contribution < 1.29 is 4.79 Å². The Morgan fingerprint density at radius 2 is 1.94 bits per heavy atom. The van der Waals surface area contributed by atoms with Crippen molar-refractivity contribution in [1.29, 1.82) is 0 Å². The second-order valence-electron chi connectivity index (χ2n) is 4.73. The van der Waals surface area contributed by atoms with E-state index in [-0.39, 0.29) is 5.91 Å².